The van der Waals surface area contributed by atoms with Gasteiger partial charge in [-0.15, -0.1) is 0 Å². The van der Waals surface area contributed by atoms with Gasteiger partial charge in [0.1, 0.15) is 6.04 Å². The van der Waals surface area contributed by atoms with Crippen molar-refractivity contribution < 1.29 is 18.0 Å². The van der Waals surface area contributed by atoms with Gasteiger partial charge in [0.05, 0.1) is 11.9 Å². The van der Waals surface area contributed by atoms with E-state index >= 15 is 0 Å². The van der Waals surface area contributed by atoms with Crippen molar-refractivity contribution in [2.45, 2.75) is 72.0 Å². The molecule has 2 amide bonds. The Hall–Kier alpha value is -3.36. The van der Waals surface area contributed by atoms with E-state index in [9.17, 15) is 18.0 Å². The van der Waals surface area contributed by atoms with Crippen molar-refractivity contribution in [2.24, 2.45) is 0 Å². The first-order valence-electron chi connectivity index (χ1n) is 14.1. The fourth-order valence-corrected chi connectivity index (χ4v) is 6.04. The van der Waals surface area contributed by atoms with Gasteiger partial charge < -0.3 is 10.2 Å². The minimum Gasteiger partial charge on any atom is -0.350 e. The lowest BCUT2D eigenvalue weighted by molar-refractivity contribution is -0.142. The number of halogens is 1. The highest BCUT2D eigenvalue weighted by Crippen LogP contribution is 2.25. The number of carbonyl (C=O) groups excluding carboxylic acids is 2. The highest BCUT2D eigenvalue weighted by Gasteiger charge is 2.32. The number of sulfonamides is 1. The zero-order valence-corrected chi connectivity index (χ0v) is 26.9. The van der Waals surface area contributed by atoms with Crippen molar-refractivity contribution in [2.75, 3.05) is 17.1 Å². The summed E-state index contributed by atoms with van der Waals surface area (Å²) in [5, 5.41) is 3.59. The second kappa shape index (κ2) is 14.2. The molecule has 0 aliphatic carbocycles. The number of amides is 2. The van der Waals surface area contributed by atoms with Gasteiger partial charge in [-0.05, 0) is 81.5 Å². The molecule has 0 radical (unpaired) electrons. The summed E-state index contributed by atoms with van der Waals surface area (Å²) in [4.78, 5) is 29.3. The highest BCUT2D eigenvalue weighted by atomic mass is 35.5. The average molecular weight is 612 g/mol. The van der Waals surface area contributed by atoms with Crippen LogP contribution in [-0.4, -0.2) is 49.5 Å². The Labute approximate surface area is 255 Å². The molecule has 0 spiro atoms. The molecule has 0 saturated carbocycles. The number of nitrogens with one attached hydrogen (secondary N) is 1. The number of benzene rings is 3. The minimum absolute atomic E-state index is 0.0610. The Kier molecular flexibility index (Phi) is 11.2. The van der Waals surface area contributed by atoms with Crippen molar-refractivity contribution in [3.05, 3.63) is 100 Å². The number of nitrogens with zero attached hydrogens (tertiary/aromatic N) is 2. The molecule has 0 aromatic heterocycles. The van der Waals surface area contributed by atoms with E-state index in [1.165, 1.54) is 10.6 Å². The smallest absolute Gasteiger partial charge is 0.243 e. The molecule has 9 heteroatoms. The maximum absolute atomic E-state index is 14.0. The maximum Gasteiger partial charge on any atom is 0.243 e. The molecular weight excluding hydrogens is 570 g/mol. The van der Waals surface area contributed by atoms with E-state index in [-0.39, 0.29) is 37.7 Å². The number of hydrogen-bond donors (Lipinski definition) is 1. The average Bonchev–Trinajstić information content (AvgIpc) is 2.89. The molecule has 3 rings (SSSR count). The lowest BCUT2D eigenvalue weighted by atomic mass is 10.00. The molecule has 1 unspecified atom stereocenters. The van der Waals surface area contributed by atoms with Crippen molar-refractivity contribution >= 4 is 39.1 Å². The third-order valence-corrected chi connectivity index (χ3v) is 8.21. The molecule has 0 bridgehead atoms. The highest BCUT2D eigenvalue weighted by molar-refractivity contribution is 7.92. The predicted octanol–water partition coefficient (Wildman–Crippen LogP) is 6.06. The third-order valence-electron chi connectivity index (χ3n) is 6.80. The van der Waals surface area contributed by atoms with Crippen LogP contribution in [0.5, 0.6) is 0 Å². The number of rotatable bonds is 12. The summed E-state index contributed by atoms with van der Waals surface area (Å²) in [6.45, 7) is 9.81. The van der Waals surface area contributed by atoms with Gasteiger partial charge in [0.2, 0.25) is 21.8 Å². The van der Waals surface area contributed by atoms with Gasteiger partial charge in [-0.3, -0.25) is 13.9 Å². The van der Waals surface area contributed by atoms with Crippen molar-refractivity contribution in [3.8, 4) is 0 Å². The molecule has 3 aromatic carbocycles. The number of anilines is 1. The predicted molar refractivity (Wildman–Crippen MR) is 171 cm³/mol. The van der Waals surface area contributed by atoms with Crippen molar-refractivity contribution in [1.82, 2.24) is 10.2 Å². The number of hydrogen-bond acceptors (Lipinski definition) is 4. The van der Waals surface area contributed by atoms with Gasteiger partial charge >= 0.3 is 0 Å². The molecule has 1 atom stereocenters. The van der Waals surface area contributed by atoms with Gasteiger partial charge in [-0.25, -0.2) is 8.42 Å². The normalized spacial score (nSPS) is 12.5. The van der Waals surface area contributed by atoms with Crippen LogP contribution in [0.15, 0.2) is 72.8 Å². The zero-order valence-electron chi connectivity index (χ0n) is 25.4. The first-order valence-corrected chi connectivity index (χ1v) is 16.3. The largest absolute Gasteiger partial charge is 0.350 e. The molecule has 3 aromatic rings. The third kappa shape index (κ3) is 9.88. The van der Waals surface area contributed by atoms with E-state index in [2.05, 4.69) is 5.32 Å². The van der Waals surface area contributed by atoms with E-state index in [1.54, 1.807) is 17.0 Å². The Morgan fingerprint density at radius 1 is 0.929 bits per heavy atom. The minimum atomic E-state index is -3.59. The topological polar surface area (TPSA) is 86.8 Å². The molecule has 0 aliphatic rings. The van der Waals surface area contributed by atoms with Crippen LogP contribution in [0.1, 0.15) is 55.9 Å². The summed E-state index contributed by atoms with van der Waals surface area (Å²) in [6.07, 6.45) is 1.84. The van der Waals surface area contributed by atoms with Gasteiger partial charge in [-0.2, -0.15) is 0 Å². The first kappa shape index (κ1) is 33.1. The Morgan fingerprint density at radius 3 is 2.21 bits per heavy atom. The Bertz CT molecular complexity index is 1490. The van der Waals surface area contributed by atoms with Crippen LogP contribution in [0.3, 0.4) is 0 Å². The Balaban J connectivity index is 1.92. The van der Waals surface area contributed by atoms with Crippen molar-refractivity contribution in [3.63, 3.8) is 0 Å². The molecule has 1 N–H and O–H groups in total. The standard InChI is InChI=1S/C33H42ClN3O4S/c1-24-17-18-25(2)29(20-24)37(42(6,40)41)19-11-16-31(38)36(23-27-14-10-15-28(34)21-27)30(32(39)35-33(3,4)5)22-26-12-8-7-9-13-26/h7-10,12-15,17-18,20-21,30H,11,16,19,22-23H2,1-6H3,(H,35,39). The molecule has 0 heterocycles. The van der Waals surface area contributed by atoms with Crippen LogP contribution < -0.4 is 9.62 Å². The second-order valence-electron chi connectivity index (χ2n) is 11.8. The summed E-state index contributed by atoms with van der Waals surface area (Å²) >= 11 is 6.26. The number of aryl methyl sites for hydroxylation is 2. The summed E-state index contributed by atoms with van der Waals surface area (Å²) in [5.74, 6) is -0.496. The quantitative estimate of drug-likeness (QED) is 0.270. The van der Waals surface area contributed by atoms with Crippen molar-refractivity contribution in [1.29, 1.82) is 0 Å². The summed E-state index contributed by atoms with van der Waals surface area (Å²) < 4.78 is 26.9. The Morgan fingerprint density at radius 2 is 1.60 bits per heavy atom. The lowest BCUT2D eigenvalue weighted by Crippen LogP contribution is -2.54. The van der Waals surface area contributed by atoms with Crippen LogP contribution in [0.25, 0.3) is 0 Å². The van der Waals surface area contributed by atoms with Gasteiger partial charge in [0, 0.05) is 36.5 Å². The number of carbonyl (C=O) groups is 2. The van der Waals surface area contributed by atoms with E-state index in [4.69, 9.17) is 11.6 Å². The SMILES string of the molecule is Cc1ccc(C)c(N(CCCC(=O)N(Cc2cccc(Cl)c2)C(Cc2ccccc2)C(=O)NC(C)(C)C)S(C)(=O)=O)c1. The molecule has 0 saturated heterocycles. The van der Waals surface area contributed by atoms with Crippen LogP contribution in [-0.2, 0) is 32.6 Å². The summed E-state index contributed by atoms with van der Waals surface area (Å²) in [5.41, 5.74) is 3.60. The zero-order chi connectivity index (χ0) is 31.1. The van der Waals surface area contributed by atoms with Gasteiger partial charge in [-0.1, -0.05) is 66.2 Å². The summed E-state index contributed by atoms with van der Waals surface area (Å²) in [7, 11) is -3.59. The molecule has 0 fully saturated rings. The van der Waals surface area contributed by atoms with E-state index < -0.39 is 21.6 Å². The molecule has 226 valence electrons. The fourth-order valence-electron chi connectivity index (χ4n) is 4.81. The first-order chi connectivity index (χ1) is 19.6. The fraction of sp³-hybridized carbons (Fsp3) is 0.394. The van der Waals surface area contributed by atoms with Gasteiger partial charge in [0.15, 0.2) is 0 Å². The molecule has 7 nitrogen and oxygen atoms in total. The van der Waals surface area contributed by atoms with Crippen LogP contribution >= 0.6 is 11.6 Å². The molecule has 42 heavy (non-hydrogen) atoms. The second-order valence-corrected chi connectivity index (χ2v) is 14.2. The van der Waals surface area contributed by atoms with E-state index in [0.29, 0.717) is 17.1 Å². The maximum atomic E-state index is 14.0. The molecular formula is C33H42ClN3O4S. The van der Waals surface area contributed by atoms with Crippen LogP contribution in [0, 0.1) is 13.8 Å². The van der Waals surface area contributed by atoms with E-state index in [1.807, 2.05) is 95.3 Å². The van der Waals surface area contributed by atoms with Gasteiger partial charge in [0.25, 0.3) is 0 Å². The summed E-state index contributed by atoms with van der Waals surface area (Å²) in [6, 6.07) is 21.7. The lowest BCUT2D eigenvalue weighted by Gasteiger charge is -2.34. The van der Waals surface area contributed by atoms with Crippen LogP contribution in [0.4, 0.5) is 5.69 Å². The van der Waals surface area contributed by atoms with E-state index in [0.717, 1.165) is 22.3 Å². The molecule has 0 aliphatic heterocycles. The van der Waals surface area contributed by atoms with Crippen LogP contribution in [0.2, 0.25) is 5.02 Å². The monoisotopic (exact) mass is 611 g/mol.